The topological polar surface area (TPSA) is 63.2 Å². The summed E-state index contributed by atoms with van der Waals surface area (Å²) >= 11 is 0. The van der Waals surface area contributed by atoms with Crippen LogP contribution in [-0.2, 0) is 4.74 Å². The van der Waals surface area contributed by atoms with Crippen molar-refractivity contribution in [3.63, 3.8) is 0 Å². The molecule has 0 unspecified atom stereocenters. The van der Waals surface area contributed by atoms with Crippen LogP contribution in [-0.4, -0.2) is 44.2 Å². The molecule has 104 valence electrons. The van der Waals surface area contributed by atoms with Gasteiger partial charge in [-0.05, 0) is 38.1 Å². The third-order valence-electron chi connectivity index (χ3n) is 3.39. The Morgan fingerprint density at radius 1 is 1.53 bits per heavy atom. The number of hydrogen-bond donors (Lipinski definition) is 2. The number of nitrogens with one attached hydrogen (secondary N) is 2. The van der Waals surface area contributed by atoms with Crippen molar-refractivity contribution in [1.82, 2.24) is 15.6 Å². The molecule has 0 aliphatic carbocycles. The fourth-order valence-electron chi connectivity index (χ4n) is 2.30. The van der Waals surface area contributed by atoms with Crippen LogP contribution in [0.15, 0.2) is 18.3 Å². The van der Waals surface area contributed by atoms with E-state index < -0.39 is 0 Å². The molecule has 1 fully saturated rings. The van der Waals surface area contributed by atoms with Gasteiger partial charge in [0, 0.05) is 37.0 Å². The van der Waals surface area contributed by atoms with Crippen LogP contribution in [0.1, 0.15) is 34.8 Å². The standard InChI is InChI=1S/C14H21N3O2/c1-19-9-8-17-14(18)12-4-7-16-13(10-12)11-2-5-15-6-3-11/h4,7,10-11,15H,2-3,5-6,8-9H2,1H3,(H,17,18). The highest BCUT2D eigenvalue weighted by molar-refractivity contribution is 5.94. The van der Waals surface area contributed by atoms with E-state index in [2.05, 4.69) is 15.6 Å². The molecule has 5 nitrogen and oxygen atoms in total. The predicted octanol–water partition coefficient (Wildman–Crippen LogP) is 0.925. The van der Waals surface area contributed by atoms with Gasteiger partial charge in [-0.1, -0.05) is 0 Å². The number of nitrogens with zero attached hydrogens (tertiary/aromatic N) is 1. The molecule has 1 aliphatic heterocycles. The number of ether oxygens (including phenoxy) is 1. The molecule has 2 N–H and O–H groups in total. The van der Waals surface area contributed by atoms with Crippen molar-refractivity contribution < 1.29 is 9.53 Å². The summed E-state index contributed by atoms with van der Waals surface area (Å²) in [4.78, 5) is 16.4. The lowest BCUT2D eigenvalue weighted by Gasteiger charge is -2.22. The number of carbonyl (C=O) groups is 1. The van der Waals surface area contributed by atoms with Crippen molar-refractivity contribution in [2.45, 2.75) is 18.8 Å². The van der Waals surface area contributed by atoms with Gasteiger partial charge in [-0.25, -0.2) is 0 Å². The third kappa shape index (κ3) is 4.01. The Morgan fingerprint density at radius 3 is 3.05 bits per heavy atom. The van der Waals surface area contributed by atoms with Gasteiger partial charge in [0.1, 0.15) is 0 Å². The van der Waals surface area contributed by atoms with Crippen molar-refractivity contribution in [2.24, 2.45) is 0 Å². The van der Waals surface area contributed by atoms with Gasteiger partial charge in [0.05, 0.1) is 6.61 Å². The van der Waals surface area contributed by atoms with Gasteiger partial charge in [0.2, 0.25) is 0 Å². The van der Waals surface area contributed by atoms with Crippen molar-refractivity contribution >= 4 is 5.91 Å². The van der Waals surface area contributed by atoms with E-state index in [0.29, 0.717) is 24.6 Å². The van der Waals surface area contributed by atoms with Gasteiger partial charge >= 0.3 is 0 Å². The summed E-state index contributed by atoms with van der Waals surface area (Å²) in [7, 11) is 1.62. The van der Waals surface area contributed by atoms with Crippen LogP contribution in [0.4, 0.5) is 0 Å². The second-order valence-corrected chi connectivity index (χ2v) is 4.74. The molecule has 0 spiro atoms. The number of hydrogen-bond acceptors (Lipinski definition) is 4. The Morgan fingerprint density at radius 2 is 2.32 bits per heavy atom. The number of aromatic nitrogens is 1. The molecule has 0 radical (unpaired) electrons. The van der Waals surface area contributed by atoms with Crippen molar-refractivity contribution in [3.05, 3.63) is 29.6 Å². The first-order valence-electron chi connectivity index (χ1n) is 6.75. The lowest BCUT2D eigenvalue weighted by Crippen LogP contribution is -2.28. The van der Waals surface area contributed by atoms with E-state index in [1.165, 1.54) is 0 Å². The minimum atomic E-state index is -0.0605. The van der Waals surface area contributed by atoms with E-state index in [9.17, 15) is 4.79 Å². The largest absolute Gasteiger partial charge is 0.383 e. The van der Waals surface area contributed by atoms with Gasteiger partial charge < -0.3 is 15.4 Å². The molecule has 0 atom stereocenters. The lowest BCUT2D eigenvalue weighted by atomic mass is 9.93. The van der Waals surface area contributed by atoms with Crippen LogP contribution in [0.3, 0.4) is 0 Å². The Balaban J connectivity index is 1.99. The number of rotatable bonds is 5. The number of carbonyl (C=O) groups excluding carboxylic acids is 1. The van der Waals surface area contributed by atoms with Gasteiger partial charge in [0.25, 0.3) is 5.91 Å². The van der Waals surface area contributed by atoms with Crippen LogP contribution in [0.5, 0.6) is 0 Å². The van der Waals surface area contributed by atoms with E-state index in [0.717, 1.165) is 31.6 Å². The number of methoxy groups -OCH3 is 1. The van der Waals surface area contributed by atoms with E-state index in [1.807, 2.05) is 6.07 Å². The fraction of sp³-hybridized carbons (Fsp3) is 0.571. The first-order valence-corrected chi connectivity index (χ1v) is 6.75. The molecular weight excluding hydrogens is 242 g/mol. The molecule has 1 aromatic heterocycles. The molecular formula is C14H21N3O2. The molecule has 5 heteroatoms. The third-order valence-corrected chi connectivity index (χ3v) is 3.39. The zero-order chi connectivity index (χ0) is 13.5. The predicted molar refractivity (Wildman–Crippen MR) is 73.3 cm³/mol. The Bertz CT molecular complexity index is 417. The summed E-state index contributed by atoms with van der Waals surface area (Å²) in [5.74, 6) is 0.405. The van der Waals surface area contributed by atoms with Crippen LogP contribution in [0.25, 0.3) is 0 Å². The molecule has 0 aromatic carbocycles. The minimum Gasteiger partial charge on any atom is -0.383 e. The first kappa shape index (κ1) is 14.0. The highest BCUT2D eigenvalue weighted by Gasteiger charge is 2.17. The highest BCUT2D eigenvalue weighted by atomic mass is 16.5. The van der Waals surface area contributed by atoms with Crippen molar-refractivity contribution in [1.29, 1.82) is 0 Å². The number of pyridine rings is 1. The average Bonchev–Trinajstić information content (AvgIpc) is 2.48. The van der Waals surface area contributed by atoms with Gasteiger partial charge in [0.15, 0.2) is 0 Å². The summed E-state index contributed by atoms with van der Waals surface area (Å²) in [6.45, 7) is 3.10. The van der Waals surface area contributed by atoms with Crippen LogP contribution >= 0.6 is 0 Å². The SMILES string of the molecule is COCCNC(=O)c1ccnc(C2CCNCC2)c1. The normalized spacial score (nSPS) is 16.3. The molecule has 19 heavy (non-hydrogen) atoms. The summed E-state index contributed by atoms with van der Waals surface area (Å²) in [5.41, 5.74) is 1.71. The molecule has 0 bridgehead atoms. The van der Waals surface area contributed by atoms with E-state index in [-0.39, 0.29) is 5.91 Å². The van der Waals surface area contributed by atoms with Crippen LogP contribution in [0.2, 0.25) is 0 Å². The molecule has 1 saturated heterocycles. The Labute approximate surface area is 113 Å². The molecule has 2 heterocycles. The zero-order valence-corrected chi connectivity index (χ0v) is 11.3. The molecule has 1 aromatic rings. The van der Waals surface area contributed by atoms with Crippen molar-refractivity contribution in [2.75, 3.05) is 33.4 Å². The van der Waals surface area contributed by atoms with E-state index in [4.69, 9.17) is 4.74 Å². The van der Waals surface area contributed by atoms with E-state index >= 15 is 0 Å². The van der Waals surface area contributed by atoms with Crippen LogP contribution < -0.4 is 10.6 Å². The van der Waals surface area contributed by atoms with Gasteiger partial charge in [-0.3, -0.25) is 9.78 Å². The molecule has 1 amide bonds. The van der Waals surface area contributed by atoms with E-state index in [1.54, 1.807) is 19.4 Å². The zero-order valence-electron chi connectivity index (χ0n) is 11.3. The smallest absolute Gasteiger partial charge is 0.251 e. The van der Waals surface area contributed by atoms with Crippen LogP contribution in [0, 0.1) is 0 Å². The Kier molecular flexibility index (Phi) is 5.30. The fourth-order valence-corrected chi connectivity index (χ4v) is 2.30. The second kappa shape index (κ2) is 7.21. The van der Waals surface area contributed by atoms with Crippen molar-refractivity contribution in [3.8, 4) is 0 Å². The molecule has 0 saturated carbocycles. The number of amides is 1. The Hall–Kier alpha value is -1.46. The summed E-state index contributed by atoms with van der Waals surface area (Å²) in [6, 6.07) is 3.67. The lowest BCUT2D eigenvalue weighted by molar-refractivity contribution is 0.0937. The maximum absolute atomic E-state index is 11.9. The summed E-state index contributed by atoms with van der Waals surface area (Å²) in [6.07, 6.45) is 3.89. The average molecular weight is 263 g/mol. The maximum Gasteiger partial charge on any atom is 0.251 e. The summed E-state index contributed by atoms with van der Waals surface area (Å²) in [5, 5.41) is 6.16. The monoisotopic (exact) mass is 263 g/mol. The van der Waals surface area contributed by atoms with Gasteiger partial charge in [-0.2, -0.15) is 0 Å². The highest BCUT2D eigenvalue weighted by Crippen LogP contribution is 2.23. The second-order valence-electron chi connectivity index (χ2n) is 4.74. The van der Waals surface area contributed by atoms with Gasteiger partial charge in [-0.15, -0.1) is 0 Å². The molecule has 1 aliphatic rings. The maximum atomic E-state index is 11.9. The molecule has 2 rings (SSSR count). The first-order chi connectivity index (χ1) is 9.31. The minimum absolute atomic E-state index is 0.0605. The number of piperidine rings is 1. The quantitative estimate of drug-likeness (QED) is 0.776. The summed E-state index contributed by atoms with van der Waals surface area (Å²) < 4.78 is 4.91.